The van der Waals surface area contributed by atoms with Crippen LogP contribution in [-0.4, -0.2) is 16.8 Å². The maximum Gasteiger partial charge on any atom is 0.145 e. The molecular formula is C55H37N7. The van der Waals surface area contributed by atoms with E-state index in [9.17, 15) is 10.5 Å². The molecular weight excluding hydrogens is 759 g/mol. The highest BCUT2D eigenvalue weighted by molar-refractivity contribution is 6.15. The fraction of sp³-hybridized carbons (Fsp3) is 0.0364. The summed E-state index contributed by atoms with van der Waals surface area (Å²) in [6.07, 6.45) is 10.5. The number of dihydropyridines is 1. The highest BCUT2D eigenvalue weighted by Crippen LogP contribution is 2.43. The summed E-state index contributed by atoms with van der Waals surface area (Å²) in [5.74, 6) is 0. The Morgan fingerprint density at radius 2 is 1.26 bits per heavy atom. The molecule has 0 amide bonds. The Labute approximate surface area is 359 Å². The largest absolute Gasteiger partial charge is 0.380 e. The first-order valence-corrected chi connectivity index (χ1v) is 20.6. The van der Waals surface area contributed by atoms with Gasteiger partial charge in [0.05, 0.1) is 51.4 Å². The summed E-state index contributed by atoms with van der Waals surface area (Å²) >= 11 is 0. The van der Waals surface area contributed by atoms with Gasteiger partial charge in [-0.1, -0.05) is 103 Å². The molecule has 3 aliphatic heterocycles. The van der Waals surface area contributed by atoms with E-state index in [1.54, 1.807) is 0 Å². The van der Waals surface area contributed by atoms with Gasteiger partial charge in [-0.2, -0.15) is 10.5 Å². The van der Waals surface area contributed by atoms with E-state index in [4.69, 9.17) is 4.99 Å². The van der Waals surface area contributed by atoms with Crippen molar-refractivity contribution in [2.45, 2.75) is 6.17 Å². The lowest BCUT2D eigenvalue weighted by atomic mass is 9.97. The number of hydrogen-bond donors (Lipinski definition) is 2. The zero-order valence-corrected chi connectivity index (χ0v) is 33.5. The summed E-state index contributed by atoms with van der Waals surface area (Å²) < 4.78 is 2.23. The molecule has 2 N–H and O–H groups in total. The number of aromatic nitrogens is 1. The van der Waals surface area contributed by atoms with Gasteiger partial charge in [-0.25, -0.2) is 0 Å². The Bertz CT molecular complexity index is 3340. The number of nitrogens with zero attached hydrogens (tertiary/aromatic N) is 5. The zero-order valence-electron chi connectivity index (χ0n) is 33.5. The first-order valence-electron chi connectivity index (χ1n) is 20.6. The molecule has 7 aromatic carbocycles. The summed E-state index contributed by atoms with van der Waals surface area (Å²) in [5.41, 5.74) is 17.0. The van der Waals surface area contributed by atoms with E-state index in [1.807, 2.05) is 54.6 Å². The molecule has 8 aromatic rings. The number of aliphatic imine (C=N–C) groups is 1. The zero-order chi connectivity index (χ0) is 41.6. The molecule has 7 heteroatoms. The molecule has 1 atom stereocenters. The molecule has 3 aliphatic rings. The predicted molar refractivity (Wildman–Crippen MR) is 252 cm³/mol. The molecule has 0 fully saturated rings. The quantitative estimate of drug-likeness (QED) is 0.175. The van der Waals surface area contributed by atoms with Crippen LogP contribution in [0, 0.1) is 22.7 Å². The lowest BCUT2D eigenvalue weighted by Gasteiger charge is -2.28. The summed E-state index contributed by atoms with van der Waals surface area (Å²) in [6.45, 7) is 0.591. The Balaban J connectivity index is 0.975. The molecule has 292 valence electrons. The Morgan fingerprint density at radius 1 is 0.565 bits per heavy atom. The van der Waals surface area contributed by atoms with E-state index in [0.717, 1.165) is 89.5 Å². The third kappa shape index (κ3) is 6.42. The first kappa shape index (κ1) is 36.4. The molecule has 1 unspecified atom stereocenters. The van der Waals surface area contributed by atoms with Crippen LogP contribution in [0.25, 0.3) is 51.0 Å². The van der Waals surface area contributed by atoms with Gasteiger partial charge < -0.3 is 20.1 Å². The van der Waals surface area contributed by atoms with E-state index < -0.39 is 0 Å². The lowest BCUT2D eigenvalue weighted by molar-refractivity contribution is 0.663. The van der Waals surface area contributed by atoms with Crippen molar-refractivity contribution in [3.63, 3.8) is 0 Å². The molecule has 62 heavy (non-hydrogen) atoms. The third-order valence-corrected chi connectivity index (χ3v) is 11.9. The van der Waals surface area contributed by atoms with Crippen molar-refractivity contribution < 1.29 is 0 Å². The number of nitriles is 2. The third-order valence-electron chi connectivity index (χ3n) is 11.9. The van der Waals surface area contributed by atoms with Crippen LogP contribution < -0.4 is 15.5 Å². The normalized spacial score (nSPS) is 15.4. The minimum atomic E-state index is -0.378. The van der Waals surface area contributed by atoms with Crippen LogP contribution in [0.5, 0.6) is 0 Å². The molecule has 0 saturated heterocycles. The summed E-state index contributed by atoms with van der Waals surface area (Å²) in [6, 6.07) is 60.6. The van der Waals surface area contributed by atoms with Crippen molar-refractivity contribution >= 4 is 68.1 Å². The van der Waals surface area contributed by atoms with Crippen LogP contribution in [-0.2, 0) is 0 Å². The van der Waals surface area contributed by atoms with Crippen LogP contribution in [0.2, 0.25) is 0 Å². The maximum atomic E-state index is 9.81. The van der Waals surface area contributed by atoms with E-state index in [-0.39, 0.29) is 6.17 Å². The highest BCUT2D eigenvalue weighted by Gasteiger charge is 2.24. The number of nitrogens with one attached hydrogen (secondary N) is 2. The second-order valence-corrected chi connectivity index (χ2v) is 15.6. The molecule has 0 bridgehead atoms. The fourth-order valence-electron chi connectivity index (χ4n) is 8.81. The average molecular weight is 796 g/mol. The van der Waals surface area contributed by atoms with Crippen LogP contribution in [0.15, 0.2) is 193 Å². The van der Waals surface area contributed by atoms with Crippen LogP contribution in [0.4, 0.5) is 17.1 Å². The Morgan fingerprint density at radius 3 is 2.03 bits per heavy atom. The van der Waals surface area contributed by atoms with Gasteiger partial charge in [-0.05, 0) is 124 Å². The van der Waals surface area contributed by atoms with Gasteiger partial charge in [0.2, 0.25) is 0 Å². The molecule has 7 nitrogen and oxygen atoms in total. The summed E-state index contributed by atoms with van der Waals surface area (Å²) in [7, 11) is 0. The van der Waals surface area contributed by atoms with Crippen molar-refractivity contribution in [3.8, 4) is 17.8 Å². The molecule has 1 aromatic heterocycles. The second-order valence-electron chi connectivity index (χ2n) is 15.6. The van der Waals surface area contributed by atoms with Gasteiger partial charge in [0.15, 0.2) is 0 Å². The molecule has 0 saturated carbocycles. The Kier molecular flexibility index (Phi) is 8.92. The molecule has 0 radical (unpaired) electrons. The summed E-state index contributed by atoms with van der Waals surface area (Å²) in [4.78, 5) is 7.60. The summed E-state index contributed by atoms with van der Waals surface area (Å²) in [5, 5.41) is 28.9. The van der Waals surface area contributed by atoms with Gasteiger partial charge in [0.25, 0.3) is 0 Å². The average Bonchev–Trinajstić information content (AvgIpc) is 3.57. The van der Waals surface area contributed by atoms with Gasteiger partial charge >= 0.3 is 0 Å². The lowest BCUT2D eigenvalue weighted by Crippen LogP contribution is -2.28. The first-order chi connectivity index (χ1) is 30.6. The van der Waals surface area contributed by atoms with Gasteiger partial charge in [-0.3, -0.25) is 4.99 Å². The minimum absolute atomic E-state index is 0.378. The monoisotopic (exact) mass is 795 g/mol. The topological polar surface area (TPSA) is 92.2 Å². The minimum Gasteiger partial charge on any atom is -0.380 e. The van der Waals surface area contributed by atoms with Crippen molar-refractivity contribution in [2.75, 3.05) is 11.4 Å². The Hall–Kier alpha value is -8.65. The van der Waals surface area contributed by atoms with Crippen LogP contribution in [0.3, 0.4) is 0 Å². The highest BCUT2D eigenvalue weighted by atomic mass is 15.1. The predicted octanol–water partition coefficient (Wildman–Crippen LogP) is 12.1. The van der Waals surface area contributed by atoms with E-state index in [1.165, 1.54) is 5.56 Å². The van der Waals surface area contributed by atoms with Crippen molar-refractivity contribution in [2.24, 2.45) is 4.99 Å². The van der Waals surface area contributed by atoms with E-state index >= 15 is 0 Å². The van der Waals surface area contributed by atoms with Crippen molar-refractivity contribution in [1.29, 1.82) is 10.5 Å². The number of anilines is 3. The number of fused-ring (bicyclic) bond motifs is 5. The standard InChI is InChI=1S/C55H37N7/c56-33-36-15-18-39(19-16-36)55-59-49(41-24-28-53-47(31-41)46-25-17-37(34-57)29-54(46)62(53)45-12-5-2-6-13-45)32-50(60-55)43-22-26-48(58-35-43)40-23-27-52-42(30-40)21-20-38-9-7-8-14-51(38)61(52)44-10-3-1-4-11-44/h1-32,55,58-59H,35H2. The van der Waals surface area contributed by atoms with Crippen LogP contribution in [0.1, 0.15) is 45.1 Å². The number of benzene rings is 7. The van der Waals surface area contributed by atoms with Crippen LogP contribution >= 0.6 is 0 Å². The van der Waals surface area contributed by atoms with Gasteiger partial charge in [0, 0.05) is 40.1 Å². The fourth-order valence-corrected chi connectivity index (χ4v) is 8.81. The van der Waals surface area contributed by atoms with E-state index in [2.05, 4.69) is 172 Å². The van der Waals surface area contributed by atoms with Gasteiger partial charge in [-0.15, -0.1) is 0 Å². The van der Waals surface area contributed by atoms with Crippen molar-refractivity contribution in [3.05, 3.63) is 227 Å². The molecule has 0 spiro atoms. The second kappa shape index (κ2) is 15.2. The number of allylic oxidation sites excluding steroid dienone is 3. The van der Waals surface area contributed by atoms with Gasteiger partial charge in [0.1, 0.15) is 6.17 Å². The molecule has 4 heterocycles. The SMILES string of the molecule is N#Cc1ccc(C2N=C(C3=CC=C(c4ccc5c(c4)C=Cc4ccccc4N5c4ccccc4)NC3)C=C(c3ccc4c(c3)c3ccc(C#N)cc3n4-c3ccccc3)N2)cc1. The van der Waals surface area contributed by atoms with Crippen molar-refractivity contribution in [1.82, 2.24) is 15.2 Å². The van der Waals surface area contributed by atoms with E-state index in [0.29, 0.717) is 17.7 Å². The maximum absolute atomic E-state index is 9.81. The smallest absolute Gasteiger partial charge is 0.145 e. The number of rotatable bonds is 6. The molecule has 0 aliphatic carbocycles. The number of para-hydroxylation sites is 3. The number of hydrogen-bond acceptors (Lipinski definition) is 6. The molecule has 11 rings (SSSR count).